The molecule has 0 radical (unpaired) electrons. The van der Waals surface area contributed by atoms with Crippen LogP contribution in [-0.4, -0.2) is 34.2 Å². The summed E-state index contributed by atoms with van der Waals surface area (Å²) in [5.74, 6) is 1.44. The maximum absolute atomic E-state index is 11.7. The van der Waals surface area contributed by atoms with Crippen LogP contribution in [0.1, 0.15) is 0 Å². The first kappa shape index (κ1) is 13.0. The van der Waals surface area contributed by atoms with Crippen LogP contribution in [-0.2, 0) is 0 Å². The van der Waals surface area contributed by atoms with E-state index in [2.05, 4.69) is 19.9 Å². The zero-order chi connectivity index (χ0) is 15.0. The Balaban J connectivity index is 2.33. The monoisotopic (exact) mass is 288 g/mol. The van der Waals surface area contributed by atoms with Crippen LogP contribution in [0.5, 0.6) is 11.5 Å². The van der Waals surface area contributed by atoms with Gasteiger partial charge in [-0.15, -0.1) is 0 Å². The van der Waals surface area contributed by atoms with Crippen molar-refractivity contribution in [3.05, 3.63) is 39.0 Å². The van der Waals surface area contributed by atoms with Gasteiger partial charge >= 0.3 is 5.69 Å². The molecule has 108 valence electrons. The SMILES string of the molecule is COc1cccc(OC)c1-c1nc2[nH]c(=O)[nH]c(=O)c2[nH]1. The van der Waals surface area contributed by atoms with E-state index in [1.807, 2.05) is 0 Å². The van der Waals surface area contributed by atoms with Gasteiger partial charge in [-0.3, -0.25) is 14.8 Å². The Labute approximate surface area is 117 Å². The Morgan fingerprint density at radius 1 is 1.00 bits per heavy atom. The molecule has 3 aromatic rings. The molecule has 0 fully saturated rings. The van der Waals surface area contributed by atoms with Crippen LogP contribution in [0.4, 0.5) is 0 Å². The van der Waals surface area contributed by atoms with Gasteiger partial charge in [-0.25, -0.2) is 9.78 Å². The quantitative estimate of drug-likeness (QED) is 0.654. The number of hydrogen-bond donors (Lipinski definition) is 3. The first-order chi connectivity index (χ1) is 10.1. The number of hydrogen-bond acceptors (Lipinski definition) is 5. The summed E-state index contributed by atoms with van der Waals surface area (Å²) < 4.78 is 10.6. The highest BCUT2D eigenvalue weighted by molar-refractivity contribution is 5.79. The first-order valence-electron chi connectivity index (χ1n) is 6.07. The van der Waals surface area contributed by atoms with Gasteiger partial charge in [0.05, 0.1) is 14.2 Å². The second-order valence-corrected chi connectivity index (χ2v) is 4.25. The number of imidazole rings is 1. The van der Waals surface area contributed by atoms with E-state index in [1.165, 1.54) is 14.2 Å². The van der Waals surface area contributed by atoms with E-state index in [-0.39, 0.29) is 11.2 Å². The molecule has 3 rings (SSSR count). The normalized spacial score (nSPS) is 10.8. The summed E-state index contributed by atoms with van der Waals surface area (Å²) in [4.78, 5) is 34.7. The number of methoxy groups -OCH3 is 2. The summed E-state index contributed by atoms with van der Waals surface area (Å²) in [6.45, 7) is 0. The van der Waals surface area contributed by atoms with Crippen molar-refractivity contribution in [3.8, 4) is 22.9 Å². The van der Waals surface area contributed by atoms with E-state index < -0.39 is 11.2 Å². The van der Waals surface area contributed by atoms with Gasteiger partial charge in [0.1, 0.15) is 28.4 Å². The largest absolute Gasteiger partial charge is 0.496 e. The second kappa shape index (κ2) is 4.82. The van der Waals surface area contributed by atoms with Crippen molar-refractivity contribution in [2.24, 2.45) is 0 Å². The van der Waals surface area contributed by atoms with Crippen molar-refractivity contribution < 1.29 is 9.47 Å². The Bertz CT molecular complexity index is 900. The molecular formula is C13H12N4O4. The maximum atomic E-state index is 11.7. The molecule has 0 bridgehead atoms. The number of benzene rings is 1. The van der Waals surface area contributed by atoms with Crippen LogP contribution in [0.3, 0.4) is 0 Å². The molecule has 0 aliphatic carbocycles. The van der Waals surface area contributed by atoms with Gasteiger partial charge in [0.2, 0.25) is 0 Å². The van der Waals surface area contributed by atoms with Gasteiger partial charge in [-0.05, 0) is 12.1 Å². The third-order valence-electron chi connectivity index (χ3n) is 3.05. The van der Waals surface area contributed by atoms with Crippen LogP contribution in [0, 0.1) is 0 Å². The minimum atomic E-state index is -0.613. The fourth-order valence-electron chi connectivity index (χ4n) is 2.14. The van der Waals surface area contributed by atoms with Crippen molar-refractivity contribution in [3.63, 3.8) is 0 Å². The maximum Gasteiger partial charge on any atom is 0.327 e. The third-order valence-corrected chi connectivity index (χ3v) is 3.05. The molecule has 2 aromatic heterocycles. The Morgan fingerprint density at radius 2 is 1.67 bits per heavy atom. The molecule has 0 unspecified atom stereocenters. The van der Waals surface area contributed by atoms with Gasteiger partial charge in [-0.1, -0.05) is 6.07 Å². The molecule has 8 nitrogen and oxygen atoms in total. The Kier molecular flexibility index (Phi) is 2.98. The summed E-state index contributed by atoms with van der Waals surface area (Å²) in [6, 6.07) is 5.27. The van der Waals surface area contributed by atoms with E-state index in [1.54, 1.807) is 18.2 Å². The number of nitrogens with zero attached hydrogens (tertiary/aromatic N) is 1. The lowest BCUT2D eigenvalue weighted by Gasteiger charge is -2.10. The highest BCUT2D eigenvalue weighted by Gasteiger charge is 2.17. The molecule has 0 aliphatic rings. The molecule has 0 spiro atoms. The minimum Gasteiger partial charge on any atom is -0.496 e. The summed E-state index contributed by atoms with van der Waals surface area (Å²) in [6.07, 6.45) is 0. The summed E-state index contributed by atoms with van der Waals surface area (Å²) in [5.41, 5.74) is -0.234. The highest BCUT2D eigenvalue weighted by Crippen LogP contribution is 2.36. The first-order valence-corrected chi connectivity index (χ1v) is 6.07. The standard InChI is InChI=1S/C13H12N4O4/c1-20-6-4-3-5-7(21-2)8(6)10-14-9-11(15-10)16-13(19)17-12(9)18/h3-5H,1-2H3,(H3,14,15,16,17,18,19). The average Bonchev–Trinajstić information content (AvgIpc) is 2.90. The van der Waals surface area contributed by atoms with Crippen LogP contribution < -0.4 is 20.7 Å². The molecule has 0 saturated carbocycles. The fraction of sp³-hybridized carbons (Fsp3) is 0.154. The van der Waals surface area contributed by atoms with Crippen LogP contribution >= 0.6 is 0 Å². The molecular weight excluding hydrogens is 276 g/mol. The minimum absolute atomic E-state index is 0.173. The number of nitrogens with one attached hydrogen (secondary N) is 3. The molecule has 0 aliphatic heterocycles. The molecule has 21 heavy (non-hydrogen) atoms. The number of aromatic nitrogens is 4. The molecule has 1 aromatic carbocycles. The zero-order valence-corrected chi connectivity index (χ0v) is 11.3. The van der Waals surface area contributed by atoms with Gasteiger partial charge in [0.15, 0.2) is 5.65 Å². The second-order valence-electron chi connectivity index (χ2n) is 4.25. The zero-order valence-electron chi connectivity index (χ0n) is 11.3. The average molecular weight is 288 g/mol. The van der Waals surface area contributed by atoms with Gasteiger partial charge in [0.25, 0.3) is 5.56 Å². The van der Waals surface area contributed by atoms with Crippen molar-refractivity contribution in [1.29, 1.82) is 0 Å². The van der Waals surface area contributed by atoms with Crippen molar-refractivity contribution in [2.45, 2.75) is 0 Å². The fourth-order valence-corrected chi connectivity index (χ4v) is 2.14. The number of rotatable bonds is 3. The number of H-pyrrole nitrogens is 3. The Hall–Kier alpha value is -3.03. The smallest absolute Gasteiger partial charge is 0.327 e. The molecule has 0 saturated heterocycles. The topological polar surface area (TPSA) is 113 Å². The third kappa shape index (κ3) is 2.06. The molecule has 8 heteroatoms. The molecule has 3 N–H and O–H groups in total. The number of ether oxygens (including phenoxy) is 2. The van der Waals surface area contributed by atoms with E-state index in [0.29, 0.717) is 22.9 Å². The summed E-state index contributed by atoms with van der Waals surface area (Å²) in [5, 5.41) is 0. The van der Waals surface area contributed by atoms with Crippen molar-refractivity contribution >= 4 is 11.2 Å². The predicted octanol–water partition coefficient (Wildman–Crippen LogP) is 0.624. The van der Waals surface area contributed by atoms with E-state index in [0.717, 1.165) is 0 Å². The summed E-state index contributed by atoms with van der Waals surface area (Å²) >= 11 is 0. The lowest BCUT2D eigenvalue weighted by atomic mass is 10.1. The lowest BCUT2D eigenvalue weighted by molar-refractivity contribution is 0.397. The number of aromatic amines is 3. The van der Waals surface area contributed by atoms with Crippen molar-refractivity contribution in [2.75, 3.05) is 14.2 Å². The van der Waals surface area contributed by atoms with Gasteiger partial charge in [0, 0.05) is 0 Å². The summed E-state index contributed by atoms with van der Waals surface area (Å²) in [7, 11) is 3.05. The molecule has 0 atom stereocenters. The van der Waals surface area contributed by atoms with E-state index in [4.69, 9.17) is 9.47 Å². The van der Waals surface area contributed by atoms with Crippen molar-refractivity contribution in [1.82, 2.24) is 19.9 Å². The lowest BCUT2D eigenvalue weighted by Crippen LogP contribution is -2.21. The number of fused-ring (bicyclic) bond motifs is 1. The van der Waals surface area contributed by atoms with E-state index >= 15 is 0 Å². The molecule has 0 amide bonds. The van der Waals surface area contributed by atoms with E-state index in [9.17, 15) is 9.59 Å². The molecule has 2 heterocycles. The van der Waals surface area contributed by atoms with Gasteiger partial charge in [-0.2, -0.15) is 0 Å². The predicted molar refractivity (Wildman–Crippen MR) is 75.9 cm³/mol. The van der Waals surface area contributed by atoms with Gasteiger partial charge < -0.3 is 14.5 Å². The highest BCUT2D eigenvalue weighted by atomic mass is 16.5. The van der Waals surface area contributed by atoms with Crippen LogP contribution in [0.25, 0.3) is 22.6 Å². The Morgan fingerprint density at radius 3 is 2.29 bits per heavy atom. The van der Waals surface area contributed by atoms with Crippen LogP contribution in [0.15, 0.2) is 27.8 Å². The van der Waals surface area contributed by atoms with Crippen LogP contribution in [0.2, 0.25) is 0 Å².